The Bertz CT molecular complexity index is 539. The zero-order valence-electron chi connectivity index (χ0n) is 12.4. The Kier molecular flexibility index (Phi) is 5.23. The van der Waals surface area contributed by atoms with E-state index in [4.69, 9.17) is 0 Å². The first-order chi connectivity index (χ1) is 9.45. The quantitative estimate of drug-likeness (QED) is 0.908. The monoisotopic (exact) mass is 316 g/mol. The molecular weight excluding hydrogens is 292 g/mol. The van der Waals surface area contributed by atoms with Gasteiger partial charge in [0.15, 0.2) is 0 Å². The van der Waals surface area contributed by atoms with Crippen LogP contribution in [-0.2, 0) is 16.6 Å². The molecule has 0 bridgehead atoms. The molecule has 1 aromatic rings. The van der Waals surface area contributed by atoms with E-state index >= 15 is 0 Å². The Labute approximate surface area is 126 Å². The van der Waals surface area contributed by atoms with Crippen LogP contribution in [0.1, 0.15) is 39.2 Å². The Hall–Kier alpha value is -0.430. The molecule has 1 aliphatic heterocycles. The van der Waals surface area contributed by atoms with Gasteiger partial charge in [-0.25, -0.2) is 8.42 Å². The summed E-state index contributed by atoms with van der Waals surface area (Å²) < 4.78 is 27.7. The predicted molar refractivity (Wildman–Crippen MR) is 83.5 cm³/mol. The summed E-state index contributed by atoms with van der Waals surface area (Å²) in [6.07, 6.45) is 2.07. The van der Waals surface area contributed by atoms with E-state index in [2.05, 4.69) is 12.2 Å². The summed E-state index contributed by atoms with van der Waals surface area (Å²) in [4.78, 5) is 0. The zero-order chi connectivity index (χ0) is 14.8. The topological polar surface area (TPSA) is 49.4 Å². The first-order valence-corrected chi connectivity index (χ1v) is 9.57. The molecule has 0 spiro atoms. The average Bonchev–Trinajstić information content (AvgIpc) is 2.88. The molecule has 0 amide bonds. The van der Waals surface area contributed by atoms with E-state index in [1.54, 1.807) is 4.31 Å². The Morgan fingerprint density at radius 1 is 1.40 bits per heavy atom. The van der Waals surface area contributed by atoms with Crippen LogP contribution in [0.25, 0.3) is 0 Å². The van der Waals surface area contributed by atoms with Crippen LogP contribution in [0.5, 0.6) is 0 Å². The van der Waals surface area contributed by atoms with Gasteiger partial charge in [0, 0.05) is 19.1 Å². The van der Waals surface area contributed by atoms with Crippen LogP contribution in [0.4, 0.5) is 0 Å². The molecule has 1 saturated heterocycles. The van der Waals surface area contributed by atoms with Gasteiger partial charge in [0.1, 0.15) is 4.21 Å². The van der Waals surface area contributed by atoms with Gasteiger partial charge in [-0.05, 0) is 49.2 Å². The van der Waals surface area contributed by atoms with Crippen molar-refractivity contribution in [2.45, 2.75) is 50.4 Å². The molecule has 1 fully saturated rings. The van der Waals surface area contributed by atoms with E-state index in [0.717, 1.165) is 31.5 Å². The number of hydrogen-bond acceptors (Lipinski definition) is 4. The van der Waals surface area contributed by atoms with Crippen molar-refractivity contribution >= 4 is 21.4 Å². The van der Waals surface area contributed by atoms with Gasteiger partial charge < -0.3 is 5.32 Å². The van der Waals surface area contributed by atoms with E-state index in [-0.39, 0.29) is 6.04 Å². The lowest BCUT2D eigenvalue weighted by Gasteiger charge is -2.35. The van der Waals surface area contributed by atoms with Crippen molar-refractivity contribution in [3.63, 3.8) is 0 Å². The van der Waals surface area contributed by atoms with Crippen molar-refractivity contribution in [3.05, 3.63) is 17.0 Å². The molecule has 0 aliphatic carbocycles. The van der Waals surface area contributed by atoms with Gasteiger partial charge >= 0.3 is 0 Å². The second-order valence-corrected chi connectivity index (χ2v) is 8.69. The van der Waals surface area contributed by atoms with E-state index in [9.17, 15) is 8.42 Å². The maximum atomic E-state index is 12.7. The molecule has 1 aliphatic rings. The van der Waals surface area contributed by atoms with Gasteiger partial charge in [0.05, 0.1) is 0 Å². The SMILES string of the molecule is CCNCc1csc(S(=O)(=O)N2CC(C)CCC2C)c1. The number of nitrogens with one attached hydrogen (secondary N) is 1. The maximum Gasteiger partial charge on any atom is 0.252 e. The summed E-state index contributed by atoms with van der Waals surface area (Å²) in [5.74, 6) is 0.446. The minimum atomic E-state index is -3.32. The number of piperidine rings is 1. The van der Waals surface area contributed by atoms with Crippen LogP contribution in [-0.4, -0.2) is 31.9 Å². The molecule has 0 radical (unpaired) electrons. The Balaban J connectivity index is 2.18. The van der Waals surface area contributed by atoms with Gasteiger partial charge in [-0.3, -0.25) is 0 Å². The molecule has 2 rings (SSSR count). The highest BCUT2D eigenvalue weighted by Gasteiger charge is 2.34. The lowest BCUT2D eigenvalue weighted by atomic mass is 9.97. The molecular formula is C14H24N2O2S2. The van der Waals surface area contributed by atoms with Crippen LogP contribution < -0.4 is 5.32 Å². The van der Waals surface area contributed by atoms with E-state index in [1.807, 2.05) is 25.3 Å². The molecule has 114 valence electrons. The fourth-order valence-electron chi connectivity index (χ4n) is 2.55. The fourth-order valence-corrected chi connectivity index (χ4v) is 5.67. The van der Waals surface area contributed by atoms with Crippen LogP contribution in [0.15, 0.2) is 15.7 Å². The van der Waals surface area contributed by atoms with E-state index < -0.39 is 10.0 Å². The third-order valence-corrected chi connectivity index (χ3v) is 7.28. The highest BCUT2D eigenvalue weighted by Crippen LogP contribution is 2.30. The molecule has 4 nitrogen and oxygen atoms in total. The minimum Gasteiger partial charge on any atom is -0.313 e. The zero-order valence-corrected chi connectivity index (χ0v) is 14.1. The number of hydrogen-bond donors (Lipinski definition) is 1. The fraction of sp³-hybridized carbons (Fsp3) is 0.714. The summed E-state index contributed by atoms with van der Waals surface area (Å²) >= 11 is 1.33. The number of nitrogens with zero attached hydrogens (tertiary/aromatic N) is 1. The van der Waals surface area contributed by atoms with Crippen LogP contribution >= 0.6 is 11.3 Å². The summed E-state index contributed by atoms with van der Waals surface area (Å²) in [6.45, 7) is 8.44. The van der Waals surface area contributed by atoms with Crippen LogP contribution in [0.3, 0.4) is 0 Å². The van der Waals surface area contributed by atoms with E-state index in [1.165, 1.54) is 11.3 Å². The Morgan fingerprint density at radius 3 is 2.85 bits per heavy atom. The maximum absolute atomic E-state index is 12.7. The Morgan fingerprint density at radius 2 is 2.15 bits per heavy atom. The van der Waals surface area contributed by atoms with Crippen LogP contribution in [0.2, 0.25) is 0 Å². The third-order valence-electron chi connectivity index (χ3n) is 3.83. The van der Waals surface area contributed by atoms with Gasteiger partial charge in [-0.15, -0.1) is 11.3 Å². The molecule has 1 N–H and O–H groups in total. The first kappa shape index (κ1) is 15.9. The second-order valence-electron chi connectivity index (χ2n) is 5.66. The highest BCUT2D eigenvalue weighted by atomic mass is 32.2. The van der Waals surface area contributed by atoms with Gasteiger partial charge in [0.2, 0.25) is 0 Å². The third kappa shape index (κ3) is 3.42. The summed E-state index contributed by atoms with van der Waals surface area (Å²) in [7, 11) is -3.32. The van der Waals surface area contributed by atoms with Crippen molar-refractivity contribution < 1.29 is 8.42 Å². The molecule has 0 aromatic carbocycles. The summed E-state index contributed by atoms with van der Waals surface area (Å²) in [6, 6.07) is 1.92. The number of sulfonamides is 1. The van der Waals surface area contributed by atoms with Gasteiger partial charge in [-0.1, -0.05) is 13.8 Å². The van der Waals surface area contributed by atoms with Crippen molar-refractivity contribution in [1.82, 2.24) is 9.62 Å². The molecule has 2 heterocycles. The summed E-state index contributed by atoms with van der Waals surface area (Å²) in [5.41, 5.74) is 1.05. The molecule has 6 heteroatoms. The molecule has 1 aromatic heterocycles. The number of rotatable bonds is 5. The molecule has 20 heavy (non-hydrogen) atoms. The van der Waals surface area contributed by atoms with Crippen molar-refractivity contribution in [2.24, 2.45) is 5.92 Å². The largest absolute Gasteiger partial charge is 0.313 e. The lowest BCUT2D eigenvalue weighted by molar-refractivity contribution is 0.218. The van der Waals surface area contributed by atoms with E-state index in [0.29, 0.717) is 16.7 Å². The van der Waals surface area contributed by atoms with Crippen molar-refractivity contribution in [1.29, 1.82) is 0 Å². The first-order valence-electron chi connectivity index (χ1n) is 7.25. The average molecular weight is 316 g/mol. The standard InChI is InChI=1S/C14H24N2O2S2/c1-4-15-8-13-7-14(19-10-13)20(17,18)16-9-11(2)5-6-12(16)3/h7,10-12,15H,4-6,8-9H2,1-3H3. The molecule has 2 unspecified atom stereocenters. The van der Waals surface area contributed by atoms with Crippen molar-refractivity contribution in [2.75, 3.05) is 13.1 Å². The van der Waals surface area contributed by atoms with Crippen LogP contribution in [0, 0.1) is 5.92 Å². The highest BCUT2D eigenvalue weighted by molar-refractivity contribution is 7.91. The van der Waals surface area contributed by atoms with Crippen molar-refractivity contribution in [3.8, 4) is 0 Å². The predicted octanol–water partition coefficient (Wildman–Crippen LogP) is 2.67. The molecule has 0 saturated carbocycles. The second kappa shape index (κ2) is 6.56. The lowest BCUT2D eigenvalue weighted by Crippen LogP contribution is -2.44. The minimum absolute atomic E-state index is 0.107. The normalized spacial score (nSPS) is 24.9. The van der Waals surface area contributed by atoms with Gasteiger partial charge in [-0.2, -0.15) is 4.31 Å². The van der Waals surface area contributed by atoms with Gasteiger partial charge in [0.25, 0.3) is 10.0 Å². The smallest absolute Gasteiger partial charge is 0.252 e. The molecule has 2 atom stereocenters. The summed E-state index contributed by atoms with van der Waals surface area (Å²) in [5, 5.41) is 5.16. The number of thiophene rings is 1.